The lowest BCUT2D eigenvalue weighted by molar-refractivity contribution is 0.620. The highest BCUT2D eigenvalue weighted by molar-refractivity contribution is 5.38. The van der Waals surface area contributed by atoms with E-state index in [0.717, 1.165) is 5.92 Å². The molecule has 0 spiro atoms. The molecule has 0 saturated carbocycles. The summed E-state index contributed by atoms with van der Waals surface area (Å²) < 4.78 is 0. The fourth-order valence-corrected chi connectivity index (χ4v) is 1.96. The van der Waals surface area contributed by atoms with E-state index < -0.39 is 0 Å². The first-order valence-electron chi connectivity index (χ1n) is 5.26. The molecule has 2 aliphatic rings. The summed E-state index contributed by atoms with van der Waals surface area (Å²) in [6.45, 7) is 6.32. The SMILES string of the molecule is CC.CC1C=C2CCC=C2CC1. The lowest BCUT2D eigenvalue weighted by atomic mass is 9.89. The molecule has 0 fully saturated rings. The third-order valence-electron chi connectivity index (χ3n) is 2.57. The van der Waals surface area contributed by atoms with Gasteiger partial charge in [0.2, 0.25) is 0 Å². The molecule has 12 heavy (non-hydrogen) atoms. The molecule has 0 heteroatoms. The van der Waals surface area contributed by atoms with Gasteiger partial charge in [0.15, 0.2) is 0 Å². The maximum atomic E-state index is 2.46. The maximum absolute atomic E-state index is 2.46. The normalized spacial score (nSPS) is 26.4. The first-order valence-corrected chi connectivity index (χ1v) is 5.26. The Balaban J connectivity index is 0.000000336. The number of hydrogen-bond donors (Lipinski definition) is 0. The Morgan fingerprint density at radius 1 is 1.17 bits per heavy atom. The van der Waals surface area contributed by atoms with Crippen molar-refractivity contribution in [3.05, 3.63) is 23.3 Å². The van der Waals surface area contributed by atoms with Crippen LogP contribution in [0.4, 0.5) is 0 Å². The lowest BCUT2D eigenvalue weighted by Crippen LogP contribution is -2.00. The molecule has 0 aliphatic heterocycles. The minimum Gasteiger partial charge on any atom is -0.0807 e. The van der Waals surface area contributed by atoms with E-state index >= 15 is 0 Å². The summed E-state index contributed by atoms with van der Waals surface area (Å²) in [6.07, 6.45) is 10.2. The van der Waals surface area contributed by atoms with Crippen LogP contribution < -0.4 is 0 Å². The zero-order valence-electron chi connectivity index (χ0n) is 8.56. The summed E-state index contributed by atoms with van der Waals surface area (Å²) in [5, 5.41) is 0. The molecule has 1 atom stereocenters. The predicted molar refractivity (Wildman–Crippen MR) is 55.1 cm³/mol. The van der Waals surface area contributed by atoms with Gasteiger partial charge in [-0.1, -0.05) is 32.9 Å². The molecule has 2 aliphatic carbocycles. The minimum absolute atomic E-state index is 0.838. The zero-order chi connectivity index (χ0) is 8.97. The molecular formula is C12H20. The first-order chi connectivity index (χ1) is 5.86. The number of fused-ring (bicyclic) bond motifs is 1. The standard InChI is InChI=1S/C10H14.C2H6/c1-8-5-6-9-3-2-4-10(9)7-8;1-2/h3,7-8H,2,4-6H2,1H3;1-2H3. The van der Waals surface area contributed by atoms with Crippen LogP contribution >= 0.6 is 0 Å². The molecule has 0 nitrogen and oxygen atoms in total. The quantitative estimate of drug-likeness (QED) is 0.506. The summed E-state index contributed by atoms with van der Waals surface area (Å²) >= 11 is 0. The van der Waals surface area contributed by atoms with Crippen LogP contribution in [0.2, 0.25) is 0 Å². The van der Waals surface area contributed by atoms with Crippen LogP contribution in [0.3, 0.4) is 0 Å². The minimum atomic E-state index is 0.838. The summed E-state index contributed by atoms with van der Waals surface area (Å²) in [4.78, 5) is 0. The van der Waals surface area contributed by atoms with Crippen molar-refractivity contribution >= 4 is 0 Å². The van der Waals surface area contributed by atoms with Crippen LogP contribution in [-0.2, 0) is 0 Å². The zero-order valence-corrected chi connectivity index (χ0v) is 8.56. The van der Waals surface area contributed by atoms with Crippen molar-refractivity contribution in [2.45, 2.75) is 46.5 Å². The van der Waals surface area contributed by atoms with Crippen LogP contribution in [0, 0.1) is 5.92 Å². The van der Waals surface area contributed by atoms with Crippen molar-refractivity contribution < 1.29 is 0 Å². The second-order valence-corrected chi connectivity index (χ2v) is 3.48. The number of rotatable bonds is 0. The molecule has 1 unspecified atom stereocenters. The van der Waals surface area contributed by atoms with Gasteiger partial charge < -0.3 is 0 Å². The smallest absolute Gasteiger partial charge is 0.0244 e. The van der Waals surface area contributed by atoms with Crippen molar-refractivity contribution in [1.29, 1.82) is 0 Å². The fraction of sp³-hybridized carbons (Fsp3) is 0.667. The maximum Gasteiger partial charge on any atom is -0.0244 e. The van der Waals surface area contributed by atoms with Gasteiger partial charge in [0.05, 0.1) is 0 Å². The Hall–Kier alpha value is -0.520. The van der Waals surface area contributed by atoms with Crippen LogP contribution in [0.1, 0.15) is 46.5 Å². The van der Waals surface area contributed by atoms with Gasteiger partial charge in [-0.3, -0.25) is 0 Å². The van der Waals surface area contributed by atoms with Crippen LogP contribution in [0.5, 0.6) is 0 Å². The Labute approximate surface area is 76.4 Å². The average molecular weight is 164 g/mol. The number of allylic oxidation sites excluding steroid dienone is 4. The average Bonchev–Trinajstić information content (AvgIpc) is 2.54. The Bertz CT molecular complexity index is 196. The van der Waals surface area contributed by atoms with E-state index in [1.165, 1.54) is 25.7 Å². The van der Waals surface area contributed by atoms with E-state index in [9.17, 15) is 0 Å². The molecule has 0 heterocycles. The van der Waals surface area contributed by atoms with Crippen LogP contribution in [0.15, 0.2) is 23.3 Å². The predicted octanol–water partition coefficient (Wildman–Crippen LogP) is 4.09. The van der Waals surface area contributed by atoms with E-state index in [4.69, 9.17) is 0 Å². The largest absolute Gasteiger partial charge is 0.0807 e. The van der Waals surface area contributed by atoms with E-state index in [2.05, 4.69) is 19.1 Å². The molecule has 0 bridgehead atoms. The van der Waals surface area contributed by atoms with E-state index in [1.807, 2.05) is 13.8 Å². The first kappa shape index (κ1) is 9.57. The van der Waals surface area contributed by atoms with E-state index in [-0.39, 0.29) is 0 Å². The molecule has 0 aromatic carbocycles. The van der Waals surface area contributed by atoms with Gasteiger partial charge in [-0.25, -0.2) is 0 Å². The molecule has 0 saturated heterocycles. The topological polar surface area (TPSA) is 0 Å². The van der Waals surface area contributed by atoms with Gasteiger partial charge in [0, 0.05) is 0 Å². The van der Waals surface area contributed by atoms with Crippen LogP contribution in [0.25, 0.3) is 0 Å². The van der Waals surface area contributed by atoms with Crippen molar-refractivity contribution in [3.8, 4) is 0 Å². The molecular weight excluding hydrogens is 144 g/mol. The lowest BCUT2D eigenvalue weighted by Gasteiger charge is -2.16. The molecule has 0 radical (unpaired) electrons. The highest BCUT2D eigenvalue weighted by atomic mass is 14.2. The Morgan fingerprint density at radius 2 is 1.92 bits per heavy atom. The van der Waals surface area contributed by atoms with Crippen molar-refractivity contribution in [3.63, 3.8) is 0 Å². The summed E-state index contributed by atoms with van der Waals surface area (Å²) in [5.74, 6) is 0.838. The van der Waals surface area contributed by atoms with Gasteiger partial charge in [-0.2, -0.15) is 0 Å². The van der Waals surface area contributed by atoms with Gasteiger partial charge >= 0.3 is 0 Å². The Morgan fingerprint density at radius 3 is 2.67 bits per heavy atom. The summed E-state index contributed by atoms with van der Waals surface area (Å²) in [5.41, 5.74) is 3.30. The van der Waals surface area contributed by atoms with E-state index in [1.54, 1.807) is 11.1 Å². The molecule has 0 aromatic rings. The molecule has 0 aromatic heterocycles. The fourth-order valence-electron chi connectivity index (χ4n) is 1.96. The van der Waals surface area contributed by atoms with Gasteiger partial charge in [-0.05, 0) is 42.7 Å². The third-order valence-corrected chi connectivity index (χ3v) is 2.57. The summed E-state index contributed by atoms with van der Waals surface area (Å²) in [7, 11) is 0. The van der Waals surface area contributed by atoms with Crippen LogP contribution in [-0.4, -0.2) is 0 Å². The van der Waals surface area contributed by atoms with Gasteiger partial charge in [0.1, 0.15) is 0 Å². The summed E-state index contributed by atoms with van der Waals surface area (Å²) in [6, 6.07) is 0. The molecule has 68 valence electrons. The monoisotopic (exact) mass is 164 g/mol. The third kappa shape index (κ3) is 2.00. The van der Waals surface area contributed by atoms with Crippen molar-refractivity contribution in [2.24, 2.45) is 5.92 Å². The van der Waals surface area contributed by atoms with Gasteiger partial charge in [0.25, 0.3) is 0 Å². The van der Waals surface area contributed by atoms with E-state index in [0.29, 0.717) is 0 Å². The van der Waals surface area contributed by atoms with Gasteiger partial charge in [-0.15, -0.1) is 0 Å². The van der Waals surface area contributed by atoms with Crippen molar-refractivity contribution in [1.82, 2.24) is 0 Å². The Kier molecular flexibility index (Phi) is 3.58. The highest BCUT2D eigenvalue weighted by Crippen LogP contribution is 2.34. The second-order valence-electron chi connectivity index (χ2n) is 3.48. The highest BCUT2D eigenvalue weighted by Gasteiger charge is 2.17. The number of hydrogen-bond acceptors (Lipinski definition) is 0. The molecule has 0 amide bonds. The second kappa shape index (κ2) is 4.49. The van der Waals surface area contributed by atoms with Crippen molar-refractivity contribution in [2.75, 3.05) is 0 Å². The molecule has 0 N–H and O–H groups in total. The molecule has 2 rings (SSSR count).